The van der Waals surface area contributed by atoms with Crippen molar-refractivity contribution in [2.75, 3.05) is 0 Å². The molecule has 52 valence electrons. The van der Waals surface area contributed by atoms with Crippen LogP contribution < -0.4 is 0 Å². The van der Waals surface area contributed by atoms with E-state index in [-0.39, 0.29) is 0 Å². The minimum absolute atomic E-state index is 0.759. The average Bonchev–Trinajstić information content (AvgIpc) is 2.64. The highest BCUT2D eigenvalue weighted by Crippen LogP contribution is 2.46. The minimum Gasteiger partial charge on any atom is -0.103 e. The van der Waals surface area contributed by atoms with E-state index >= 15 is 0 Å². The molecule has 0 N–H and O–H groups in total. The highest BCUT2D eigenvalue weighted by Gasteiger charge is 2.37. The topological polar surface area (TPSA) is 0 Å². The van der Waals surface area contributed by atoms with Crippen molar-refractivity contribution in [2.24, 2.45) is 17.8 Å². The van der Waals surface area contributed by atoms with Gasteiger partial charge in [-0.15, -0.1) is 6.58 Å². The molecular formula is C9H16. The third-order valence-electron chi connectivity index (χ3n) is 2.55. The van der Waals surface area contributed by atoms with Crippen molar-refractivity contribution < 1.29 is 0 Å². The molecule has 0 amide bonds. The van der Waals surface area contributed by atoms with Crippen molar-refractivity contribution in [1.29, 1.82) is 0 Å². The summed E-state index contributed by atoms with van der Waals surface area (Å²) in [5.74, 6) is 2.76. The highest BCUT2D eigenvalue weighted by atomic mass is 14.4. The number of allylic oxidation sites excluding steroid dienone is 1. The first kappa shape index (κ1) is 6.85. The zero-order chi connectivity index (χ0) is 6.85. The molecule has 0 spiro atoms. The van der Waals surface area contributed by atoms with Crippen LogP contribution in [0.5, 0.6) is 0 Å². The van der Waals surface area contributed by atoms with Gasteiger partial charge in [0, 0.05) is 0 Å². The van der Waals surface area contributed by atoms with Crippen molar-refractivity contribution in [1.82, 2.24) is 0 Å². The predicted octanol–water partition coefficient (Wildman–Crippen LogP) is 2.85. The van der Waals surface area contributed by atoms with E-state index < -0.39 is 0 Å². The molecule has 0 nitrogen and oxygen atoms in total. The Morgan fingerprint density at radius 2 is 2.44 bits per heavy atom. The molecule has 1 unspecified atom stereocenters. The maximum atomic E-state index is 3.79. The zero-order valence-corrected chi connectivity index (χ0v) is 6.43. The van der Waals surface area contributed by atoms with Gasteiger partial charge >= 0.3 is 0 Å². The predicted molar refractivity (Wildman–Crippen MR) is 41.2 cm³/mol. The first-order valence-corrected chi connectivity index (χ1v) is 3.92. The smallest absolute Gasteiger partial charge is 0.0234 e. The Morgan fingerprint density at radius 1 is 1.78 bits per heavy atom. The molecule has 0 aromatic carbocycles. The largest absolute Gasteiger partial charge is 0.103 e. The van der Waals surface area contributed by atoms with E-state index in [1.54, 1.807) is 0 Å². The van der Waals surface area contributed by atoms with Gasteiger partial charge in [0.1, 0.15) is 0 Å². The van der Waals surface area contributed by atoms with Crippen LogP contribution >= 0.6 is 0 Å². The standard InChI is InChI=1S/C9H16/c1-4-7(3)9-6-8(9)5-2/h4,7-9H,1,5-6H2,2-3H3/t7?,8-,9-/m1/s1. The molecule has 0 saturated heterocycles. The molecule has 0 bridgehead atoms. The van der Waals surface area contributed by atoms with Gasteiger partial charge in [-0.05, 0) is 24.2 Å². The van der Waals surface area contributed by atoms with Gasteiger partial charge in [-0.3, -0.25) is 0 Å². The van der Waals surface area contributed by atoms with E-state index in [1.807, 2.05) is 0 Å². The van der Waals surface area contributed by atoms with Crippen LogP contribution in [0.1, 0.15) is 26.7 Å². The van der Waals surface area contributed by atoms with Gasteiger partial charge in [-0.2, -0.15) is 0 Å². The van der Waals surface area contributed by atoms with Crippen LogP contribution in [0.3, 0.4) is 0 Å². The first-order chi connectivity index (χ1) is 4.29. The van der Waals surface area contributed by atoms with Crippen LogP contribution in [-0.2, 0) is 0 Å². The summed E-state index contributed by atoms with van der Waals surface area (Å²) in [4.78, 5) is 0. The maximum Gasteiger partial charge on any atom is -0.0234 e. The van der Waals surface area contributed by atoms with Gasteiger partial charge in [0.15, 0.2) is 0 Å². The summed E-state index contributed by atoms with van der Waals surface area (Å²) in [5.41, 5.74) is 0. The summed E-state index contributed by atoms with van der Waals surface area (Å²) in [6.07, 6.45) is 4.90. The van der Waals surface area contributed by atoms with Gasteiger partial charge < -0.3 is 0 Å². The molecule has 1 aliphatic carbocycles. The van der Waals surface area contributed by atoms with Crippen LogP contribution in [0.2, 0.25) is 0 Å². The average molecular weight is 124 g/mol. The summed E-state index contributed by atoms with van der Waals surface area (Å²) < 4.78 is 0. The Hall–Kier alpha value is -0.260. The van der Waals surface area contributed by atoms with E-state index in [0.29, 0.717) is 0 Å². The van der Waals surface area contributed by atoms with Crippen molar-refractivity contribution >= 4 is 0 Å². The second-order valence-corrected chi connectivity index (χ2v) is 3.16. The molecule has 0 aromatic heterocycles. The summed E-state index contributed by atoms with van der Waals surface area (Å²) in [5, 5.41) is 0. The third kappa shape index (κ3) is 1.35. The van der Waals surface area contributed by atoms with Gasteiger partial charge in [0.05, 0.1) is 0 Å². The Kier molecular flexibility index (Phi) is 1.94. The van der Waals surface area contributed by atoms with E-state index in [2.05, 4.69) is 26.5 Å². The molecule has 1 saturated carbocycles. The van der Waals surface area contributed by atoms with E-state index in [9.17, 15) is 0 Å². The Morgan fingerprint density at radius 3 is 2.78 bits per heavy atom. The van der Waals surface area contributed by atoms with Crippen LogP contribution in [0.25, 0.3) is 0 Å². The fourth-order valence-electron chi connectivity index (χ4n) is 1.56. The molecule has 0 heterocycles. The van der Waals surface area contributed by atoms with Crippen molar-refractivity contribution in [3.8, 4) is 0 Å². The Balaban J connectivity index is 2.24. The summed E-state index contributed by atoms with van der Waals surface area (Å²) >= 11 is 0. The molecule has 0 aromatic rings. The molecule has 1 aliphatic rings. The fraction of sp³-hybridized carbons (Fsp3) is 0.778. The molecular weight excluding hydrogens is 108 g/mol. The van der Waals surface area contributed by atoms with E-state index in [4.69, 9.17) is 0 Å². The lowest BCUT2D eigenvalue weighted by atomic mass is 10.0. The Bertz CT molecular complexity index is 105. The summed E-state index contributed by atoms with van der Waals surface area (Å²) in [7, 11) is 0. The van der Waals surface area contributed by atoms with Gasteiger partial charge in [-0.1, -0.05) is 26.3 Å². The molecule has 0 radical (unpaired) electrons. The van der Waals surface area contributed by atoms with Crippen LogP contribution in [-0.4, -0.2) is 0 Å². The molecule has 1 fully saturated rings. The SMILES string of the molecule is C=CC(C)[C@H]1C[C@H]1CC. The zero-order valence-electron chi connectivity index (χ0n) is 6.43. The molecule has 3 atom stereocenters. The number of rotatable bonds is 3. The first-order valence-electron chi connectivity index (χ1n) is 3.92. The summed E-state index contributed by atoms with van der Waals surface area (Å²) in [6, 6.07) is 0. The fourth-order valence-corrected chi connectivity index (χ4v) is 1.56. The second kappa shape index (κ2) is 2.55. The van der Waals surface area contributed by atoms with Crippen LogP contribution in [0, 0.1) is 17.8 Å². The monoisotopic (exact) mass is 124 g/mol. The molecule has 9 heavy (non-hydrogen) atoms. The summed E-state index contributed by atoms with van der Waals surface area (Å²) in [6.45, 7) is 8.34. The van der Waals surface area contributed by atoms with Gasteiger partial charge in [0.25, 0.3) is 0 Å². The van der Waals surface area contributed by atoms with Crippen LogP contribution in [0.4, 0.5) is 0 Å². The molecule has 0 aliphatic heterocycles. The van der Waals surface area contributed by atoms with Crippen molar-refractivity contribution in [3.05, 3.63) is 12.7 Å². The Labute approximate surface area is 58.0 Å². The molecule has 0 heteroatoms. The lowest BCUT2D eigenvalue weighted by Crippen LogP contribution is -1.92. The lowest BCUT2D eigenvalue weighted by molar-refractivity contribution is 0.561. The van der Waals surface area contributed by atoms with E-state index in [0.717, 1.165) is 17.8 Å². The quantitative estimate of drug-likeness (QED) is 0.507. The molecule has 1 rings (SSSR count). The number of hydrogen-bond donors (Lipinski definition) is 0. The van der Waals surface area contributed by atoms with Crippen molar-refractivity contribution in [2.45, 2.75) is 26.7 Å². The van der Waals surface area contributed by atoms with E-state index in [1.165, 1.54) is 12.8 Å². The van der Waals surface area contributed by atoms with Crippen LogP contribution in [0.15, 0.2) is 12.7 Å². The minimum atomic E-state index is 0.759. The highest BCUT2D eigenvalue weighted by molar-refractivity contribution is 4.94. The number of hydrogen-bond acceptors (Lipinski definition) is 0. The maximum absolute atomic E-state index is 3.79. The third-order valence-corrected chi connectivity index (χ3v) is 2.55. The second-order valence-electron chi connectivity index (χ2n) is 3.16. The normalized spacial score (nSPS) is 35.8. The van der Waals surface area contributed by atoms with Crippen molar-refractivity contribution in [3.63, 3.8) is 0 Å². The lowest BCUT2D eigenvalue weighted by Gasteiger charge is -2.01. The van der Waals surface area contributed by atoms with Gasteiger partial charge in [-0.25, -0.2) is 0 Å². The van der Waals surface area contributed by atoms with Gasteiger partial charge in [0.2, 0.25) is 0 Å².